The van der Waals surface area contributed by atoms with Gasteiger partial charge >= 0.3 is 0 Å². The molecular formula is C10H24N2O6. The van der Waals surface area contributed by atoms with Crippen LogP contribution in [0.1, 0.15) is 0 Å². The van der Waals surface area contributed by atoms with Crippen molar-refractivity contribution in [1.82, 2.24) is 10.6 Å². The molecule has 0 heterocycles. The molecule has 0 saturated carbocycles. The summed E-state index contributed by atoms with van der Waals surface area (Å²) in [4.78, 5) is 0. The van der Waals surface area contributed by atoms with E-state index in [9.17, 15) is 10.2 Å². The van der Waals surface area contributed by atoms with Crippen molar-refractivity contribution in [1.29, 1.82) is 0 Å². The van der Waals surface area contributed by atoms with Crippen LogP contribution in [0.3, 0.4) is 0 Å². The van der Waals surface area contributed by atoms with E-state index in [1.54, 1.807) is 0 Å². The molecule has 0 aliphatic heterocycles. The van der Waals surface area contributed by atoms with Gasteiger partial charge in [0.1, 0.15) is 0 Å². The van der Waals surface area contributed by atoms with Gasteiger partial charge in [0.15, 0.2) is 0 Å². The highest BCUT2D eigenvalue weighted by atomic mass is 16.3. The van der Waals surface area contributed by atoms with Crippen LogP contribution in [0.4, 0.5) is 0 Å². The molecule has 0 aromatic rings. The van der Waals surface area contributed by atoms with E-state index in [-0.39, 0.29) is 13.2 Å². The van der Waals surface area contributed by atoms with Gasteiger partial charge in [-0.25, -0.2) is 0 Å². The van der Waals surface area contributed by atoms with Crippen LogP contribution in [0.2, 0.25) is 0 Å². The molecule has 0 fully saturated rings. The molecule has 0 amide bonds. The van der Waals surface area contributed by atoms with Gasteiger partial charge in [0.2, 0.25) is 0 Å². The molecule has 0 aliphatic carbocycles. The van der Waals surface area contributed by atoms with Crippen LogP contribution in [-0.2, 0) is 0 Å². The number of rotatable bonds is 11. The van der Waals surface area contributed by atoms with Gasteiger partial charge in [0.25, 0.3) is 0 Å². The summed E-state index contributed by atoms with van der Waals surface area (Å²) in [6, 6.07) is -1.26. The van der Waals surface area contributed by atoms with Crippen molar-refractivity contribution >= 4 is 0 Å². The molecule has 8 heteroatoms. The zero-order valence-electron chi connectivity index (χ0n) is 10.2. The molecule has 0 saturated heterocycles. The third kappa shape index (κ3) is 6.57. The van der Waals surface area contributed by atoms with Crippen molar-refractivity contribution in [2.45, 2.75) is 24.3 Å². The second kappa shape index (κ2) is 10.6. The van der Waals surface area contributed by atoms with Gasteiger partial charge in [-0.2, -0.15) is 0 Å². The number of hydrogen-bond acceptors (Lipinski definition) is 8. The lowest BCUT2D eigenvalue weighted by Gasteiger charge is -2.23. The number of hydrogen-bond donors (Lipinski definition) is 8. The van der Waals surface area contributed by atoms with Crippen LogP contribution >= 0.6 is 0 Å². The molecule has 0 aromatic heterocycles. The van der Waals surface area contributed by atoms with Crippen molar-refractivity contribution in [3.8, 4) is 0 Å². The fourth-order valence-corrected chi connectivity index (χ4v) is 1.41. The van der Waals surface area contributed by atoms with Crippen molar-refractivity contribution in [3.63, 3.8) is 0 Å². The molecule has 0 aliphatic rings. The average Bonchev–Trinajstić information content (AvgIpc) is 2.41. The molecule has 8 nitrogen and oxygen atoms in total. The highest BCUT2D eigenvalue weighted by Crippen LogP contribution is 1.93. The Balaban J connectivity index is 3.82. The highest BCUT2D eigenvalue weighted by molar-refractivity contribution is 4.77. The molecule has 0 spiro atoms. The van der Waals surface area contributed by atoms with Gasteiger partial charge in [-0.1, -0.05) is 0 Å². The summed E-state index contributed by atoms with van der Waals surface area (Å²) in [5.74, 6) is 0. The first-order chi connectivity index (χ1) is 8.60. The summed E-state index contributed by atoms with van der Waals surface area (Å²) in [7, 11) is 0. The highest BCUT2D eigenvalue weighted by Gasteiger charge is 2.18. The average molecular weight is 268 g/mol. The first-order valence-electron chi connectivity index (χ1n) is 5.87. The zero-order chi connectivity index (χ0) is 14.0. The van der Waals surface area contributed by atoms with Crippen LogP contribution < -0.4 is 10.6 Å². The maximum atomic E-state index is 9.29. The molecule has 0 radical (unpaired) electrons. The second-order valence-corrected chi connectivity index (χ2v) is 3.99. The quantitative estimate of drug-likeness (QED) is 0.175. The molecule has 0 aromatic carbocycles. The molecule has 0 bridgehead atoms. The Morgan fingerprint density at radius 2 is 0.944 bits per heavy atom. The van der Waals surface area contributed by atoms with Crippen molar-refractivity contribution in [3.05, 3.63) is 0 Å². The minimum Gasteiger partial charge on any atom is -0.395 e. The summed E-state index contributed by atoms with van der Waals surface area (Å²) in [6.07, 6.45) is -2.10. The number of aliphatic hydroxyl groups is 6. The van der Waals surface area contributed by atoms with E-state index in [0.717, 1.165) is 0 Å². The minimum atomic E-state index is -1.05. The second-order valence-electron chi connectivity index (χ2n) is 3.99. The lowest BCUT2D eigenvalue weighted by molar-refractivity contribution is 0.0367. The van der Waals surface area contributed by atoms with E-state index in [2.05, 4.69) is 10.6 Å². The van der Waals surface area contributed by atoms with Crippen LogP contribution in [0, 0.1) is 0 Å². The molecule has 0 rings (SSSR count). The smallest absolute Gasteiger partial charge is 0.0945 e. The maximum absolute atomic E-state index is 9.29. The Hall–Kier alpha value is -0.320. The lowest BCUT2D eigenvalue weighted by atomic mass is 10.1. The first kappa shape index (κ1) is 17.7. The Labute approximate surface area is 106 Å². The van der Waals surface area contributed by atoms with E-state index in [4.69, 9.17) is 20.4 Å². The van der Waals surface area contributed by atoms with Gasteiger partial charge in [-0.3, -0.25) is 0 Å². The van der Waals surface area contributed by atoms with E-state index >= 15 is 0 Å². The molecule has 18 heavy (non-hydrogen) atoms. The predicted octanol–water partition coefficient (Wildman–Crippen LogP) is -4.41. The third-order valence-corrected chi connectivity index (χ3v) is 2.63. The lowest BCUT2D eigenvalue weighted by Crippen LogP contribution is -2.50. The summed E-state index contributed by atoms with van der Waals surface area (Å²) in [5.41, 5.74) is 0. The summed E-state index contributed by atoms with van der Waals surface area (Å²) < 4.78 is 0. The maximum Gasteiger partial charge on any atom is 0.0945 e. The fourth-order valence-electron chi connectivity index (χ4n) is 1.41. The van der Waals surface area contributed by atoms with Crippen LogP contribution in [0.15, 0.2) is 0 Å². The third-order valence-electron chi connectivity index (χ3n) is 2.63. The van der Waals surface area contributed by atoms with Gasteiger partial charge in [-0.15, -0.1) is 0 Å². The first-order valence-corrected chi connectivity index (χ1v) is 5.87. The van der Waals surface area contributed by atoms with Gasteiger partial charge in [0.05, 0.1) is 50.7 Å². The molecular weight excluding hydrogens is 244 g/mol. The van der Waals surface area contributed by atoms with Gasteiger partial charge < -0.3 is 41.3 Å². The zero-order valence-corrected chi connectivity index (χ0v) is 10.2. The SMILES string of the molecule is OC[C@H](NCCN[C@@H](CO)[C@@H](O)CO)[C@@H](O)CO. The summed E-state index contributed by atoms with van der Waals surface area (Å²) in [5, 5.41) is 59.5. The Kier molecular flexibility index (Phi) is 10.4. The van der Waals surface area contributed by atoms with Crippen molar-refractivity contribution in [2.75, 3.05) is 39.5 Å². The van der Waals surface area contributed by atoms with Crippen LogP contribution in [0.5, 0.6) is 0 Å². The summed E-state index contributed by atoms with van der Waals surface area (Å²) >= 11 is 0. The van der Waals surface area contributed by atoms with E-state index in [1.165, 1.54) is 0 Å². The van der Waals surface area contributed by atoms with Crippen LogP contribution in [-0.4, -0.2) is 94.4 Å². The fraction of sp³-hybridized carbons (Fsp3) is 1.00. The van der Waals surface area contributed by atoms with E-state index in [1.807, 2.05) is 0 Å². The van der Waals surface area contributed by atoms with Gasteiger partial charge in [0, 0.05) is 13.1 Å². The number of nitrogens with one attached hydrogen (secondary N) is 2. The van der Waals surface area contributed by atoms with E-state index < -0.39 is 37.5 Å². The number of aliphatic hydroxyl groups excluding tert-OH is 6. The van der Waals surface area contributed by atoms with Crippen molar-refractivity contribution in [2.24, 2.45) is 0 Å². The molecule has 110 valence electrons. The Bertz CT molecular complexity index is 177. The van der Waals surface area contributed by atoms with E-state index in [0.29, 0.717) is 13.1 Å². The van der Waals surface area contributed by atoms with Crippen molar-refractivity contribution < 1.29 is 30.6 Å². The molecule has 0 unspecified atom stereocenters. The monoisotopic (exact) mass is 268 g/mol. The molecule has 8 N–H and O–H groups in total. The minimum absolute atomic E-state index is 0.315. The Morgan fingerprint density at radius 3 is 1.17 bits per heavy atom. The normalized spacial score (nSPS) is 18.3. The largest absolute Gasteiger partial charge is 0.395 e. The summed E-state index contributed by atoms with van der Waals surface area (Å²) in [6.45, 7) is -0.814. The van der Waals surface area contributed by atoms with Gasteiger partial charge in [-0.05, 0) is 0 Å². The standard InChI is InChI=1S/C10H24N2O6/c13-3-7(9(17)5-15)11-1-2-12-8(4-14)10(18)6-16/h7-18H,1-6H2/t7-,8-,9-,10-/m0/s1. The molecule has 4 atom stereocenters. The Morgan fingerprint density at radius 1 is 0.611 bits per heavy atom. The topological polar surface area (TPSA) is 145 Å². The predicted molar refractivity (Wildman–Crippen MR) is 63.9 cm³/mol. The van der Waals surface area contributed by atoms with Crippen LogP contribution in [0.25, 0.3) is 0 Å².